The molecule has 7 nitrogen and oxygen atoms in total. The van der Waals surface area contributed by atoms with Crippen LogP contribution >= 0.6 is 0 Å². The summed E-state index contributed by atoms with van der Waals surface area (Å²) in [5.74, 6) is 2.31. The second-order valence-corrected chi connectivity index (χ2v) is 6.59. The smallest absolute Gasteiger partial charge is 0.225 e. The van der Waals surface area contributed by atoms with E-state index in [1.807, 2.05) is 24.3 Å². The first kappa shape index (κ1) is 16.6. The summed E-state index contributed by atoms with van der Waals surface area (Å²) in [6.45, 7) is 2.44. The highest BCUT2D eigenvalue weighted by Crippen LogP contribution is 2.30. The van der Waals surface area contributed by atoms with E-state index in [1.165, 1.54) is 0 Å². The molecule has 3 heterocycles. The maximum absolute atomic E-state index is 12.6. The summed E-state index contributed by atoms with van der Waals surface area (Å²) in [6, 6.07) is 7.58. The minimum Gasteiger partial charge on any atom is -0.486 e. The van der Waals surface area contributed by atoms with Crippen LogP contribution in [0.4, 0.5) is 5.82 Å². The molecule has 0 spiro atoms. The molecule has 1 amide bonds. The predicted octanol–water partition coefficient (Wildman–Crippen LogP) is 1.65. The molecule has 136 valence electrons. The van der Waals surface area contributed by atoms with E-state index in [0.717, 1.165) is 36.7 Å². The fourth-order valence-electron chi connectivity index (χ4n) is 3.38. The van der Waals surface area contributed by atoms with Gasteiger partial charge in [0.15, 0.2) is 11.5 Å². The highest BCUT2D eigenvalue weighted by atomic mass is 16.6. The number of aromatic nitrogens is 2. The number of nitrogens with zero attached hydrogens (tertiary/aromatic N) is 3. The Morgan fingerprint density at radius 2 is 2.15 bits per heavy atom. The van der Waals surface area contributed by atoms with Gasteiger partial charge in [0.25, 0.3) is 0 Å². The Kier molecular flexibility index (Phi) is 4.86. The molecule has 2 atom stereocenters. The molecular weight excluding hydrogens is 332 g/mol. The average Bonchev–Trinajstić information content (AvgIpc) is 2.72. The van der Waals surface area contributed by atoms with Gasteiger partial charge in [0.2, 0.25) is 5.91 Å². The lowest BCUT2D eigenvalue weighted by Gasteiger charge is -2.33. The quantitative estimate of drug-likeness (QED) is 0.900. The summed E-state index contributed by atoms with van der Waals surface area (Å²) in [5, 5.41) is 3.02. The van der Waals surface area contributed by atoms with E-state index in [2.05, 4.69) is 20.2 Å². The lowest BCUT2D eigenvalue weighted by atomic mass is 9.97. The molecule has 1 saturated heterocycles. The summed E-state index contributed by atoms with van der Waals surface area (Å²) < 4.78 is 11.6. The van der Waals surface area contributed by atoms with Crippen molar-refractivity contribution >= 4 is 11.7 Å². The number of rotatable bonds is 4. The SMILES string of the molecule is O=C(NC[C@H]1COc2ccccc2O1)[C@@H]1CCCN(c2cnccn2)C1. The largest absolute Gasteiger partial charge is 0.486 e. The number of hydrogen-bond donors (Lipinski definition) is 1. The van der Waals surface area contributed by atoms with E-state index in [9.17, 15) is 4.79 Å². The second kappa shape index (κ2) is 7.59. The zero-order chi connectivity index (χ0) is 17.8. The zero-order valence-electron chi connectivity index (χ0n) is 14.5. The van der Waals surface area contributed by atoms with Gasteiger partial charge in [0.05, 0.1) is 18.7 Å². The van der Waals surface area contributed by atoms with E-state index < -0.39 is 0 Å². The number of amides is 1. The van der Waals surface area contributed by atoms with Crippen molar-refractivity contribution in [3.05, 3.63) is 42.9 Å². The van der Waals surface area contributed by atoms with Gasteiger partial charge in [-0.05, 0) is 25.0 Å². The molecule has 7 heteroatoms. The Hall–Kier alpha value is -2.83. The highest BCUT2D eigenvalue weighted by Gasteiger charge is 2.28. The second-order valence-electron chi connectivity index (χ2n) is 6.59. The monoisotopic (exact) mass is 354 g/mol. The maximum atomic E-state index is 12.6. The van der Waals surface area contributed by atoms with Crippen molar-refractivity contribution in [2.45, 2.75) is 18.9 Å². The Bertz CT molecular complexity index is 755. The zero-order valence-corrected chi connectivity index (χ0v) is 14.5. The number of nitrogens with one attached hydrogen (secondary N) is 1. The number of anilines is 1. The molecule has 1 aromatic carbocycles. The van der Waals surface area contributed by atoms with Gasteiger partial charge in [-0.1, -0.05) is 12.1 Å². The standard InChI is InChI=1S/C19H22N4O3/c24-19(14-4-3-9-23(12-14)18-11-20-7-8-21-18)22-10-15-13-25-16-5-1-2-6-17(16)26-15/h1-2,5-8,11,14-15H,3-4,9-10,12-13H2,(H,22,24)/t14-,15+/m1/s1. The summed E-state index contributed by atoms with van der Waals surface area (Å²) in [7, 11) is 0. The molecule has 0 unspecified atom stereocenters. The lowest BCUT2D eigenvalue weighted by molar-refractivity contribution is -0.125. The first-order valence-corrected chi connectivity index (χ1v) is 8.97. The third-order valence-corrected chi connectivity index (χ3v) is 4.74. The molecule has 0 radical (unpaired) electrons. The van der Waals surface area contributed by atoms with Crippen LogP contribution in [0.2, 0.25) is 0 Å². The minimum atomic E-state index is -0.173. The van der Waals surface area contributed by atoms with Gasteiger partial charge >= 0.3 is 0 Å². The normalized spacial score (nSPS) is 21.9. The van der Waals surface area contributed by atoms with Gasteiger partial charge in [-0.15, -0.1) is 0 Å². The molecule has 2 aliphatic heterocycles. The first-order valence-electron chi connectivity index (χ1n) is 8.97. The third-order valence-electron chi connectivity index (χ3n) is 4.74. The van der Waals surface area contributed by atoms with Crippen LogP contribution in [-0.2, 0) is 4.79 Å². The fourth-order valence-corrected chi connectivity index (χ4v) is 3.38. The molecule has 1 aromatic heterocycles. The van der Waals surface area contributed by atoms with Crippen LogP contribution in [0.1, 0.15) is 12.8 Å². The van der Waals surface area contributed by atoms with Crippen molar-refractivity contribution < 1.29 is 14.3 Å². The van der Waals surface area contributed by atoms with Crippen molar-refractivity contribution in [1.82, 2.24) is 15.3 Å². The van der Waals surface area contributed by atoms with E-state index >= 15 is 0 Å². The van der Waals surface area contributed by atoms with Gasteiger partial charge in [0.1, 0.15) is 18.5 Å². The Labute approximate surface area is 152 Å². The van der Waals surface area contributed by atoms with E-state index in [0.29, 0.717) is 19.7 Å². The van der Waals surface area contributed by atoms with E-state index in [1.54, 1.807) is 18.6 Å². The molecule has 4 rings (SSSR count). The van der Waals surface area contributed by atoms with Crippen LogP contribution in [0, 0.1) is 5.92 Å². The minimum absolute atomic E-state index is 0.0532. The van der Waals surface area contributed by atoms with Gasteiger partial charge in [-0.3, -0.25) is 9.78 Å². The summed E-state index contributed by atoms with van der Waals surface area (Å²) in [4.78, 5) is 23.2. The van der Waals surface area contributed by atoms with Crippen molar-refractivity contribution in [2.24, 2.45) is 5.92 Å². The molecule has 26 heavy (non-hydrogen) atoms. The number of hydrogen-bond acceptors (Lipinski definition) is 6. The molecule has 2 aromatic rings. The predicted molar refractivity (Wildman–Crippen MR) is 96.3 cm³/mol. The summed E-state index contributed by atoms with van der Waals surface area (Å²) in [5.41, 5.74) is 0. The molecule has 0 bridgehead atoms. The van der Waals surface area contributed by atoms with Crippen LogP contribution in [0.25, 0.3) is 0 Å². The van der Waals surface area contributed by atoms with Gasteiger partial charge in [0, 0.05) is 25.5 Å². The number of carbonyl (C=O) groups is 1. The first-order chi connectivity index (χ1) is 12.8. The Morgan fingerprint density at radius 1 is 1.27 bits per heavy atom. The number of para-hydroxylation sites is 2. The van der Waals surface area contributed by atoms with Gasteiger partial charge in [-0.25, -0.2) is 4.98 Å². The highest BCUT2D eigenvalue weighted by molar-refractivity contribution is 5.79. The van der Waals surface area contributed by atoms with Gasteiger partial charge < -0.3 is 19.7 Å². The number of carbonyl (C=O) groups excluding carboxylic acids is 1. The Balaban J connectivity index is 1.30. The molecular formula is C19H22N4O3. The molecule has 2 aliphatic rings. The lowest BCUT2D eigenvalue weighted by Crippen LogP contribution is -2.47. The topological polar surface area (TPSA) is 76.6 Å². The molecule has 1 fully saturated rings. The average molecular weight is 354 g/mol. The summed E-state index contributed by atoms with van der Waals surface area (Å²) >= 11 is 0. The fraction of sp³-hybridized carbons (Fsp3) is 0.421. The van der Waals surface area contributed by atoms with Crippen LogP contribution in [0.5, 0.6) is 11.5 Å². The van der Waals surface area contributed by atoms with E-state index in [4.69, 9.17) is 9.47 Å². The number of piperidine rings is 1. The van der Waals surface area contributed by atoms with Crippen LogP contribution < -0.4 is 19.7 Å². The molecule has 0 aliphatic carbocycles. The molecule has 1 N–H and O–H groups in total. The number of fused-ring (bicyclic) bond motifs is 1. The van der Waals surface area contributed by atoms with Crippen molar-refractivity contribution in [3.8, 4) is 11.5 Å². The van der Waals surface area contributed by atoms with E-state index in [-0.39, 0.29) is 17.9 Å². The van der Waals surface area contributed by atoms with Crippen LogP contribution in [0.15, 0.2) is 42.9 Å². The van der Waals surface area contributed by atoms with Crippen molar-refractivity contribution in [1.29, 1.82) is 0 Å². The number of ether oxygens (including phenoxy) is 2. The number of benzene rings is 1. The van der Waals surface area contributed by atoms with Crippen molar-refractivity contribution in [3.63, 3.8) is 0 Å². The third kappa shape index (κ3) is 3.71. The van der Waals surface area contributed by atoms with Crippen LogP contribution in [0.3, 0.4) is 0 Å². The van der Waals surface area contributed by atoms with Crippen molar-refractivity contribution in [2.75, 3.05) is 31.1 Å². The Morgan fingerprint density at radius 3 is 3.00 bits per heavy atom. The maximum Gasteiger partial charge on any atom is 0.225 e. The molecule has 0 saturated carbocycles. The summed E-state index contributed by atoms with van der Waals surface area (Å²) in [6.07, 6.45) is 6.75. The van der Waals surface area contributed by atoms with Gasteiger partial charge in [-0.2, -0.15) is 0 Å². The van der Waals surface area contributed by atoms with Crippen LogP contribution in [-0.4, -0.2) is 48.2 Å².